The summed E-state index contributed by atoms with van der Waals surface area (Å²) in [5, 5.41) is 2.64. The maximum absolute atomic E-state index is 13.3. The molecule has 10 aliphatic heterocycles. The van der Waals surface area contributed by atoms with Crippen molar-refractivity contribution < 1.29 is 70.5 Å². The number of nitrogens with zero attached hydrogens (tertiary/aromatic N) is 17. The maximum Gasteiger partial charge on any atom is 0.246 e. The first-order valence-corrected chi connectivity index (χ1v) is 57.3. The first-order valence-electron chi connectivity index (χ1n) is 49.7. The minimum atomic E-state index is -3.75. The zero-order chi connectivity index (χ0) is 101. The second-order valence-electron chi connectivity index (χ2n) is 38.6. The Hall–Kier alpha value is -12.0. The van der Waals surface area contributed by atoms with Gasteiger partial charge in [0, 0.05) is 264 Å². The molecular weight excluding hydrogens is 1970 g/mol. The van der Waals surface area contributed by atoms with Gasteiger partial charge in [0.1, 0.15) is 15.9 Å². The molecule has 11 aliphatic rings. The highest BCUT2D eigenvalue weighted by atomic mass is 35.5. The van der Waals surface area contributed by atoms with Crippen LogP contribution in [-0.4, -0.2) is 321 Å². The summed E-state index contributed by atoms with van der Waals surface area (Å²) in [5.41, 5.74) is 6.69. The molecule has 39 heteroatoms. The number of aryl methyl sites for hydroxylation is 1. The highest BCUT2D eigenvalue weighted by molar-refractivity contribution is 7.90. The Bertz CT molecular complexity index is 7030. The third-order valence-electron chi connectivity index (χ3n) is 29.5. The summed E-state index contributed by atoms with van der Waals surface area (Å²) in [6, 6.07) is 72.8. The standard InChI is InChI=1S/C24H26N4O3S.C23H23N3O3S.C20H22FN3O3S.C20H29N3O3S.C19H21ClN4O3S/c1-18-14-22-19(15-25-18)6-5-9-23(22)32(30,31)28-16-20(17-28)24(29)27-12-10-26(11-13-27)21-7-3-2-4-8-21;27-23(25-12-10-19(14-25)17-5-2-1-3-6-17)20-15-26(16-20)30(28,29)22-8-4-7-18-13-24-11-9-21(18)22;21-17-5-4-8-19(13-17)28(26,27)24-14-16(15-24)20(25)23-11-9-22(10-12-23)18-6-2-1-3-7-18;24-20(22-13-11-21(12-14-22)18-7-3-1-4-8-18)17-15-23(16-17)27(25,26)19-9-5-2-6-10-19;20-18-17(7-4-8-21-18)28(26,27)24-13-15(14-24)19(25)23-11-9-22(10-12-23)16-5-2-1-3-6-16/h2-9,14-15,20H,10-13,16-17H2,1H3;1-9,11,13,19-20H,10,12,14-16H2;1-8,13,16H,9-12,14-15H2;1,3-4,7-8,17,19H,2,5-6,9-16H2;1-8,15H,9-14H2. The van der Waals surface area contributed by atoms with Gasteiger partial charge in [-0.2, -0.15) is 21.5 Å². The molecule has 1 atom stereocenters. The van der Waals surface area contributed by atoms with Crippen molar-refractivity contribution in [2.24, 2.45) is 29.6 Å². The van der Waals surface area contributed by atoms with Gasteiger partial charge in [-0.15, -0.1) is 0 Å². The number of hydrogen-bond donors (Lipinski definition) is 0. The van der Waals surface area contributed by atoms with Gasteiger partial charge in [-0.05, 0) is 135 Å². The van der Waals surface area contributed by atoms with Gasteiger partial charge in [-0.1, -0.05) is 164 Å². The number of sulfonamides is 5. The fraction of sp³-hybridized carbons (Fsp3) is 0.396. The Balaban J connectivity index is 0.000000119. The van der Waals surface area contributed by atoms with E-state index in [9.17, 15) is 70.5 Å². The molecule has 145 heavy (non-hydrogen) atoms. The Labute approximate surface area is 853 Å². The van der Waals surface area contributed by atoms with Crippen molar-refractivity contribution in [3.63, 3.8) is 0 Å². The second kappa shape index (κ2) is 45.2. The number of fused-ring (bicyclic) bond motifs is 2. The first-order chi connectivity index (χ1) is 69.9. The topological polar surface area (TPSA) is 340 Å². The minimum Gasteiger partial charge on any atom is -0.368 e. The lowest BCUT2D eigenvalue weighted by atomic mass is 9.98. The maximum atomic E-state index is 13.3. The highest BCUT2D eigenvalue weighted by Gasteiger charge is 2.50. The van der Waals surface area contributed by atoms with Crippen LogP contribution < -0.4 is 19.6 Å². The van der Waals surface area contributed by atoms with Crippen LogP contribution in [0.2, 0.25) is 5.15 Å². The van der Waals surface area contributed by atoms with Crippen molar-refractivity contribution in [3.05, 3.63) is 284 Å². The monoisotopic (exact) mass is 2090 g/mol. The van der Waals surface area contributed by atoms with Crippen molar-refractivity contribution in [1.29, 1.82) is 0 Å². The van der Waals surface area contributed by atoms with E-state index in [2.05, 4.69) is 95.2 Å². The molecule has 764 valence electrons. The molecule has 1 saturated carbocycles. The van der Waals surface area contributed by atoms with E-state index in [4.69, 9.17) is 11.6 Å². The Morgan fingerprint density at radius 3 is 1.08 bits per heavy atom. The predicted octanol–water partition coefficient (Wildman–Crippen LogP) is 10.8. The predicted molar refractivity (Wildman–Crippen MR) is 555 cm³/mol. The van der Waals surface area contributed by atoms with E-state index in [1.807, 2.05) is 135 Å². The molecule has 11 aromatic rings. The summed E-state index contributed by atoms with van der Waals surface area (Å²) in [6.45, 7) is 17.2. The van der Waals surface area contributed by atoms with E-state index in [1.165, 1.54) is 70.7 Å². The molecule has 0 radical (unpaired) electrons. The van der Waals surface area contributed by atoms with Gasteiger partial charge in [-0.3, -0.25) is 33.9 Å². The Kier molecular flexibility index (Phi) is 32.1. The lowest BCUT2D eigenvalue weighted by Gasteiger charge is -2.43. The molecule has 8 aromatic carbocycles. The van der Waals surface area contributed by atoms with Crippen molar-refractivity contribution in [1.82, 2.24) is 61.0 Å². The lowest BCUT2D eigenvalue weighted by Crippen LogP contribution is -2.60. The molecule has 10 saturated heterocycles. The van der Waals surface area contributed by atoms with Crippen LogP contribution in [0.15, 0.2) is 281 Å². The van der Waals surface area contributed by atoms with Crippen LogP contribution in [0.4, 0.5) is 27.1 Å². The van der Waals surface area contributed by atoms with Crippen molar-refractivity contribution in [2.45, 2.75) is 76.2 Å². The molecule has 22 rings (SSSR count). The van der Waals surface area contributed by atoms with Crippen LogP contribution in [0.3, 0.4) is 0 Å². The summed E-state index contributed by atoms with van der Waals surface area (Å²) in [7, 11) is -18.0. The van der Waals surface area contributed by atoms with Crippen molar-refractivity contribution in [3.8, 4) is 0 Å². The normalized spacial score (nSPS) is 19.8. The first kappa shape index (κ1) is 103. The van der Waals surface area contributed by atoms with Crippen LogP contribution in [0.1, 0.15) is 55.7 Å². The number of rotatable bonds is 20. The molecule has 0 bridgehead atoms. The lowest BCUT2D eigenvalue weighted by molar-refractivity contribution is -0.140. The van der Waals surface area contributed by atoms with E-state index in [1.54, 1.807) is 59.3 Å². The smallest absolute Gasteiger partial charge is 0.246 e. The number of pyridine rings is 3. The number of hydrogen-bond acceptors (Lipinski definition) is 22. The van der Waals surface area contributed by atoms with Crippen LogP contribution >= 0.6 is 11.6 Å². The number of carbonyl (C=O) groups excluding carboxylic acids is 5. The number of para-hydroxylation sites is 4. The van der Waals surface area contributed by atoms with Gasteiger partial charge in [0.2, 0.25) is 79.7 Å². The van der Waals surface area contributed by atoms with Gasteiger partial charge in [-0.25, -0.2) is 51.5 Å². The molecule has 11 fully saturated rings. The molecule has 32 nitrogen and oxygen atoms in total. The quantitative estimate of drug-likeness (QED) is 0.0640. The fourth-order valence-electron chi connectivity index (χ4n) is 20.6. The average molecular weight is 2090 g/mol. The van der Waals surface area contributed by atoms with E-state index in [-0.39, 0.29) is 141 Å². The number of likely N-dealkylation sites (tertiary alicyclic amines) is 1. The highest BCUT2D eigenvalue weighted by Crippen LogP contribution is 2.39. The molecule has 5 amide bonds. The van der Waals surface area contributed by atoms with Gasteiger partial charge < -0.3 is 44.1 Å². The van der Waals surface area contributed by atoms with Gasteiger partial charge >= 0.3 is 0 Å². The zero-order valence-electron chi connectivity index (χ0n) is 80.9. The van der Waals surface area contributed by atoms with E-state index in [0.717, 1.165) is 131 Å². The summed E-state index contributed by atoms with van der Waals surface area (Å²) in [6.07, 6.45) is 12.1. The number of aromatic nitrogens is 3. The number of benzene rings is 8. The number of anilines is 4. The SMILES string of the molecule is Cc1cc2c(S(=O)(=O)N3CC(C(=O)N4CCN(c5ccccc5)CC4)C3)cccc2cn1.O=C(C1CN(S(=O)(=O)C2CCCCC2)C1)N1CCN(c2ccccc2)CC1.O=C(C1CN(S(=O)(=O)c2cccc(F)c2)C1)N1CCN(c2ccccc2)CC1.O=C(C1CN(S(=O)(=O)c2cccc3cnccc23)C1)N1CCC(c2ccccc2)C1.O=C(C1CN(S(=O)(=O)c2cccnc2Cl)C1)N1CCN(c2ccccc2)CC1. The van der Waals surface area contributed by atoms with E-state index in [0.29, 0.717) is 88.7 Å². The largest absolute Gasteiger partial charge is 0.368 e. The summed E-state index contributed by atoms with van der Waals surface area (Å²) in [4.78, 5) is 95.1. The fourth-order valence-corrected chi connectivity index (χ4v) is 29.8. The Morgan fingerprint density at radius 1 is 0.317 bits per heavy atom. The van der Waals surface area contributed by atoms with Crippen LogP contribution in [0, 0.1) is 42.3 Å². The molecule has 0 N–H and O–H groups in total. The zero-order valence-corrected chi connectivity index (χ0v) is 85.8. The number of piperazine rings is 4. The van der Waals surface area contributed by atoms with Gasteiger partial charge in [0.05, 0.1) is 49.5 Å². The third kappa shape index (κ3) is 23.2. The summed E-state index contributed by atoms with van der Waals surface area (Å²) >= 11 is 5.92. The second-order valence-corrected chi connectivity index (χ2v) is 48.8. The van der Waals surface area contributed by atoms with E-state index < -0.39 is 55.9 Å². The van der Waals surface area contributed by atoms with Crippen LogP contribution in [-0.2, 0) is 74.1 Å². The van der Waals surface area contributed by atoms with Crippen LogP contribution in [0.5, 0.6) is 0 Å². The molecule has 1 unspecified atom stereocenters. The summed E-state index contributed by atoms with van der Waals surface area (Å²) < 4.78 is 149. The summed E-state index contributed by atoms with van der Waals surface area (Å²) in [5.74, 6) is -1.27. The molecule has 1 aliphatic carbocycles. The van der Waals surface area contributed by atoms with E-state index >= 15 is 0 Å². The van der Waals surface area contributed by atoms with Crippen molar-refractivity contribution >= 4 is 136 Å². The molecule has 13 heterocycles. The molecular formula is C106H121ClFN17O15S5. The number of carbonyl (C=O) groups is 5. The molecule has 0 spiro atoms. The van der Waals surface area contributed by atoms with Gasteiger partial charge in [0.15, 0.2) is 0 Å². The van der Waals surface area contributed by atoms with Crippen molar-refractivity contribution in [2.75, 3.05) is 203 Å². The third-order valence-corrected chi connectivity index (χ3v) is 39.7. The number of amides is 5. The average Bonchev–Trinajstić information content (AvgIpc) is 1.83. The number of halogens is 2. The van der Waals surface area contributed by atoms with Gasteiger partial charge in [0.25, 0.3) is 0 Å². The molecule has 3 aromatic heterocycles. The Morgan fingerprint density at radius 2 is 0.676 bits per heavy atom. The minimum absolute atomic E-state index is 0.00148. The van der Waals surface area contributed by atoms with Crippen LogP contribution in [0.25, 0.3) is 21.5 Å².